The minimum Gasteiger partial charge on any atom is -0.490 e. The zero-order valence-electron chi connectivity index (χ0n) is 11.1. The number of hydrogen-bond acceptors (Lipinski definition) is 5. The zero-order valence-corrected chi connectivity index (χ0v) is 11.1. The Bertz CT molecular complexity index is 531. The molecule has 0 saturated carbocycles. The van der Waals surface area contributed by atoms with Gasteiger partial charge < -0.3 is 14.7 Å². The van der Waals surface area contributed by atoms with E-state index >= 15 is 0 Å². The van der Waals surface area contributed by atoms with Gasteiger partial charge in [0.1, 0.15) is 5.69 Å². The molecule has 1 aliphatic rings. The third-order valence-corrected chi connectivity index (χ3v) is 3.49. The third kappa shape index (κ3) is 2.66. The molecule has 1 unspecified atom stereocenters. The minimum atomic E-state index is -0.861. The Morgan fingerprint density at radius 3 is 2.90 bits per heavy atom. The fraction of sp³-hybridized carbons (Fsp3) is 0.462. The van der Waals surface area contributed by atoms with Crippen molar-refractivity contribution >= 4 is 17.3 Å². The number of carboxylic acids is 1. The second kappa shape index (κ2) is 5.77. The number of carbonyl (C=O) groups is 1. The number of benzene rings is 1. The standard InChI is InChI=1S/C13H16N2O5/c1-20-11-6-2-5-10(12(11)15(18)19)14-7-3-4-9(8-14)13(16)17/h2,5-6,9H,3-4,7-8H2,1H3,(H,16,17). The van der Waals surface area contributed by atoms with Crippen molar-refractivity contribution in [3.8, 4) is 5.75 Å². The van der Waals surface area contributed by atoms with Gasteiger partial charge in [0.25, 0.3) is 0 Å². The SMILES string of the molecule is COc1cccc(N2CCCC(C(=O)O)C2)c1[N+](=O)[O-]. The van der Waals surface area contributed by atoms with Crippen LogP contribution in [0.2, 0.25) is 0 Å². The number of rotatable bonds is 4. The Kier molecular flexibility index (Phi) is 4.07. The highest BCUT2D eigenvalue weighted by Crippen LogP contribution is 2.38. The molecule has 1 N–H and O–H groups in total. The summed E-state index contributed by atoms with van der Waals surface area (Å²) in [5, 5.41) is 20.3. The van der Waals surface area contributed by atoms with Crippen molar-refractivity contribution in [2.75, 3.05) is 25.1 Å². The number of nitro groups is 1. The lowest BCUT2D eigenvalue weighted by Crippen LogP contribution is -2.39. The third-order valence-electron chi connectivity index (χ3n) is 3.49. The van der Waals surface area contributed by atoms with Crippen LogP contribution in [0.25, 0.3) is 0 Å². The summed E-state index contributed by atoms with van der Waals surface area (Å²) < 4.78 is 5.03. The van der Waals surface area contributed by atoms with Crippen molar-refractivity contribution < 1.29 is 19.6 Å². The molecule has 0 radical (unpaired) electrons. The Morgan fingerprint density at radius 2 is 2.30 bits per heavy atom. The topological polar surface area (TPSA) is 92.9 Å². The predicted molar refractivity (Wildman–Crippen MR) is 72.2 cm³/mol. The molecule has 20 heavy (non-hydrogen) atoms. The van der Waals surface area contributed by atoms with Gasteiger partial charge in [-0.25, -0.2) is 0 Å². The molecule has 1 saturated heterocycles. The Labute approximate surface area is 115 Å². The van der Waals surface area contributed by atoms with Crippen molar-refractivity contribution in [1.29, 1.82) is 0 Å². The molecule has 7 nitrogen and oxygen atoms in total. The maximum atomic E-state index is 11.2. The van der Waals surface area contributed by atoms with Crippen molar-refractivity contribution in [3.63, 3.8) is 0 Å². The molecule has 1 atom stereocenters. The Balaban J connectivity index is 2.37. The van der Waals surface area contributed by atoms with E-state index in [0.717, 1.165) is 0 Å². The molecule has 7 heteroatoms. The first-order chi connectivity index (χ1) is 9.54. The Morgan fingerprint density at radius 1 is 1.55 bits per heavy atom. The molecule has 108 valence electrons. The molecular weight excluding hydrogens is 264 g/mol. The summed E-state index contributed by atoms with van der Waals surface area (Å²) >= 11 is 0. The summed E-state index contributed by atoms with van der Waals surface area (Å²) in [6.45, 7) is 0.890. The monoisotopic (exact) mass is 280 g/mol. The lowest BCUT2D eigenvalue weighted by atomic mass is 9.97. The Hall–Kier alpha value is -2.31. The number of nitro benzene ring substituents is 1. The van der Waals surface area contributed by atoms with E-state index in [9.17, 15) is 14.9 Å². The summed E-state index contributed by atoms with van der Waals surface area (Å²) in [6, 6.07) is 4.83. The summed E-state index contributed by atoms with van der Waals surface area (Å²) in [6.07, 6.45) is 1.30. The largest absolute Gasteiger partial charge is 0.490 e. The van der Waals surface area contributed by atoms with Crippen LogP contribution in [0.3, 0.4) is 0 Å². The zero-order chi connectivity index (χ0) is 14.7. The minimum absolute atomic E-state index is 0.110. The van der Waals surface area contributed by atoms with Gasteiger partial charge in [0, 0.05) is 13.1 Å². The molecule has 0 spiro atoms. The average molecular weight is 280 g/mol. The second-order valence-electron chi connectivity index (χ2n) is 4.71. The number of piperidine rings is 1. The molecule has 0 aromatic heterocycles. The summed E-state index contributed by atoms with van der Waals surface area (Å²) in [5.74, 6) is -1.17. The molecule has 1 aliphatic heterocycles. The maximum absolute atomic E-state index is 11.2. The van der Waals surface area contributed by atoms with Crippen LogP contribution in [-0.2, 0) is 4.79 Å². The first-order valence-corrected chi connectivity index (χ1v) is 6.33. The van der Waals surface area contributed by atoms with Gasteiger partial charge >= 0.3 is 11.7 Å². The fourth-order valence-electron chi connectivity index (χ4n) is 2.51. The van der Waals surface area contributed by atoms with Gasteiger partial charge in [-0.1, -0.05) is 6.07 Å². The van der Waals surface area contributed by atoms with Crippen LogP contribution in [-0.4, -0.2) is 36.2 Å². The number of aliphatic carboxylic acids is 1. The number of carboxylic acid groups (broad SMARTS) is 1. The van der Waals surface area contributed by atoms with Gasteiger partial charge in [-0.15, -0.1) is 0 Å². The van der Waals surface area contributed by atoms with E-state index in [1.54, 1.807) is 17.0 Å². The average Bonchev–Trinajstić information content (AvgIpc) is 2.46. The normalized spacial score (nSPS) is 18.6. The number of nitrogens with zero attached hydrogens (tertiary/aromatic N) is 2. The van der Waals surface area contributed by atoms with Crippen LogP contribution in [0.1, 0.15) is 12.8 Å². The van der Waals surface area contributed by atoms with Crippen LogP contribution >= 0.6 is 0 Å². The van der Waals surface area contributed by atoms with Gasteiger partial charge in [0.2, 0.25) is 0 Å². The number of anilines is 1. The van der Waals surface area contributed by atoms with Gasteiger partial charge in [-0.2, -0.15) is 0 Å². The van der Waals surface area contributed by atoms with E-state index in [2.05, 4.69) is 0 Å². The first kappa shape index (κ1) is 14.1. The highest BCUT2D eigenvalue weighted by molar-refractivity contribution is 5.74. The van der Waals surface area contributed by atoms with E-state index in [4.69, 9.17) is 9.84 Å². The number of methoxy groups -OCH3 is 1. The molecule has 1 fully saturated rings. The molecule has 0 aliphatic carbocycles. The molecule has 1 aromatic rings. The smallest absolute Gasteiger partial charge is 0.333 e. The van der Waals surface area contributed by atoms with E-state index in [-0.39, 0.29) is 18.0 Å². The summed E-state index contributed by atoms with van der Waals surface area (Å²) in [7, 11) is 1.38. The molecule has 1 heterocycles. The maximum Gasteiger partial charge on any atom is 0.333 e. The van der Waals surface area contributed by atoms with Crippen LogP contribution in [0.4, 0.5) is 11.4 Å². The fourth-order valence-corrected chi connectivity index (χ4v) is 2.51. The van der Waals surface area contributed by atoms with Crippen LogP contribution in [0.5, 0.6) is 5.75 Å². The summed E-state index contributed by atoms with van der Waals surface area (Å²) in [5.41, 5.74) is 0.307. The van der Waals surface area contributed by atoms with E-state index in [0.29, 0.717) is 25.1 Å². The number of para-hydroxylation sites is 1. The summed E-state index contributed by atoms with van der Waals surface area (Å²) in [4.78, 5) is 23.6. The van der Waals surface area contributed by atoms with Gasteiger partial charge in [0.05, 0.1) is 18.0 Å². The highest BCUT2D eigenvalue weighted by atomic mass is 16.6. The van der Waals surface area contributed by atoms with E-state index < -0.39 is 16.8 Å². The van der Waals surface area contributed by atoms with Crippen molar-refractivity contribution in [1.82, 2.24) is 0 Å². The highest BCUT2D eigenvalue weighted by Gasteiger charge is 2.30. The van der Waals surface area contributed by atoms with Gasteiger partial charge in [-0.3, -0.25) is 14.9 Å². The van der Waals surface area contributed by atoms with Crippen LogP contribution < -0.4 is 9.64 Å². The number of ether oxygens (including phenoxy) is 1. The van der Waals surface area contributed by atoms with Crippen molar-refractivity contribution in [3.05, 3.63) is 28.3 Å². The first-order valence-electron chi connectivity index (χ1n) is 6.33. The molecular formula is C13H16N2O5. The van der Waals surface area contributed by atoms with Crippen LogP contribution in [0, 0.1) is 16.0 Å². The molecule has 0 amide bonds. The lowest BCUT2D eigenvalue weighted by Gasteiger charge is -2.32. The van der Waals surface area contributed by atoms with Crippen molar-refractivity contribution in [2.45, 2.75) is 12.8 Å². The van der Waals surface area contributed by atoms with Crippen molar-refractivity contribution in [2.24, 2.45) is 5.92 Å². The molecule has 0 bridgehead atoms. The van der Waals surface area contributed by atoms with E-state index in [1.165, 1.54) is 13.2 Å². The van der Waals surface area contributed by atoms with Crippen LogP contribution in [0.15, 0.2) is 18.2 Å². The predicted octanol–water partition coefficient (Wildman–Crippen LogP) is 1.90. The number of hydrogen-bond donors (Lipinski definition) is 1. The second-order valence-corrected chi connectivity index (χ2v) is 4.71. The van der Waals surface area contributed by atoms with Gasteiger partial charge in [-0.05, 0) is 25.0 Å². The lowest BCUT2D eigenvalue weighted by molar-refractivity contribution is -0.385. The molecule has 1 aromatic carbocycles. The van der Waals surface area contributed by atoms with E-state index in [1.807, 2.05) is 0 Å². The quantitative estimate of drug-likeness (QED) is 0.669. The van der Waals surface area contributed by atoms with Gasteiger partial charge in [0.15, 0.2) is 5.75 Å². The molecule has 2 rings (SSSR count).